The average molecular weight is 214 g/mol. The van der Waals surface area contributed by atoms with Gasteiger partial charge in [-0.1, -0.05) is 19.9 Å². The first-order valence-corrected chi connectivity index (χ1v) is 5.04. The summed E-state index contributed by atoms with van der Waals surface area (Å²) in [5.74, 6) is -1.85. The van der Waals surface area contributed by atoms with E-state index in [9.17, 15) is 9.59 Å². The quantitative estimate of drug-likeness (QED) is 0.400. The molecule has 0 aromatic heterocycles. The second kappa shape index (κ2) is 6.22. The molecule has 0 rings (SSSR count). The Kier molecular flexibility index (Phi) is 5.67. The predicted octanol–water partition coefficient (Wildman–Crippen LogP) is 2.14. The zero-order chi connectivity index (χ0) is 11.9. The molecule has 1 N–H and O–H groups in total. The Hall–Kier alpha value is -1.32. The van der Waals surface area contributed by atoms with Gasteiger partial charge in [-0.2, -0.15) is 0 Å². The van der Waals surface area contributed by atoms with Crippen molar-refractivity contribution in [3.63, 3.8) is 0 Å². The molecule has 86 valence electrons. The minimum absolute atomic E-state index is 0.547. The van der Waals surface area contributed by atoms with Gasteiger partial charge in [0.2, 0.25) is 0 Å². The SMILES string of the molecule is C=CCC(CC)(CC)OC(=O)CC(=O)O. The normalized spacial score (nSPS) is 10.8. The van der Waals surface area contributed by atoms with Crippen LogP contribution in [0.15, 0.2) is 12.7 Å². The molecular formula is C11H18O4. The minimum Gasteiger partial charge on any atom is -0.481 e. The van der Waals surface area contributed by atoms with Gasteiger partial charge in [-0.05, 0) is 12.8 Å². The van der Waals surface area contributed by atoms with Crippen molar-refractivity contribution in [1.29, 1.82) is 0 Å². The van der Waals surface area contributed by atoms with Gasteiger partial charge in [-0.3, -0.25) is 9.59 Å². The van der Waals surface area contributed by atoms with Crippen molar-refractivity contribution in [2.75, 3.05) is 0 Å². The number of rotatable bonds is 7. The summed E-state index contributed by atoms with van der Waals surface area (Å²) in [4.78, 5) is 21.5. The van der Waals surface area contributed by atoms with Crippen LogP contribution in [0.25, 0.3) is 0 Å². The molecule has 4 heteroatoms. The summed E-state index contributed by atoms with van der Waals surface area (Å²) >= 11 is 0. The first-order valence-electron chi connectivity index (χ1n) is 5.04. The standard InChI is InChI=1S/C11H18O4/c1-4-7-11(5-2,6-3)15-10(14)8-9(12)13/h4H,1,5-8H2,2-3H3,(H,12,13). The number of aliphatic carboxylic acids is 1. The van der Waals surface area contributed by atoms with E-state index >= 15 is 0 Å². The van der Waals surface area contributed by atoms with E-state index in [2.05, 4.69) is 6.58 Å². The Morgan fingerprint density at radius 2 is 1.93 bits per heavy atom. The van der Waals surface area contributed by atoms with Gasteiger partial charge in [0.05, 0.1) is 0 Å². The molecule has 0 aromatic rings. The van der Waals surface area contributed by atoms with Gasteiger partial charge in [-0.15, -0.1) is 6.58 Å². The molecule has 0 aliphatic rings. The second-order valence-electron chi connectivity index (χ2n) is 3.43. The van der Waals surface area contributed by atoms with E-state index in [-0.39, 0.29) is 0 Å². The maximum absolute atomic E-state index is 11.2. The van der Waals surface area contributed by atoms with Crippen LogP contribution in [-0.2, 0) is 14.3 Å². The zero-order valence-electron chi connectivity index (χ0n) is 9.28. The highest BCUT2D eigenvalue weighted by molar-refractivity contribution is 5.90. The van der Waals surface area contributed by atoms with E-state index in [1.165, 1.54) is 0 Å². The third-order valence-electron chi connectivity index (χ3n) is 2.43. The van der Waals surface area contributed by atoms with Crippen molar-refractivity contribution >= 4 is 11.9 Å². The highest BCUT2D eigenvalue weighted by Crippen LogP contribution is 2.25. The largest absolute Gasteiger partial charge is 0.481 e. The van der Waals surface area contributed by atoms with Crippen molar-refractivity contribution < 1.29 is 19.4 Å². The third kappa shape index (κ3) is 4.63. The smallest absolute Gasteiger partial charge is 0.317 e. The summed E-state index contributed by atoms with van der Waals surface area (Å²) < 4.78 is 5.20. The summed E-state index contributed by atoms with van der Waals surface area (Å²) in [5, 5.41) is 8.44. The molecule has 0 heterocycles. The zero-order valence-corrected chi connectivity index (χ0v) is 9.28. The van der Waals surface area contributed by atoms with E-state index in [1.807, 2.05) is 13.8 Å². The van der Waals surface area contributed by atoms with Crippen LogP contribution in [0.2, 0.25) is 0 Å². The van der Waals surface area contributed by atoms with Gasteiger partial charge < -0.3 is 9.84 Å². The number of hydrogen-bond acceptors (Lipinski definition) is 3. The molecule has 0 spiro atoms. The number of carboxylic acid groups (broad SMARTS) is 1. The summed E-state index contributed by atoms with van der Waals surface area (Å²) in [7, 11) is 0. The van der Waals surface area contributed by atoms with Crippen LogP contribution < -0.4 is 0 Å². The van der Waals surface area contributed by atoms with Crippen LogP contribution in [-0.4, -0.2) is 22.6 Å². The lowest BCUT2D eigenvalue weighted by atomic mass is 9.93. The van der Waals surface area contributed by atoms with E-state index in [4.69, 9.17) is 9.84 Å². The van der Waals surface area contributed by atoms with Crippen LogP contribution in [0.1, 0.15) is 39.5 Å². The molecule has 0 fully saturated rings. The maximum Gasteiger partial charge on any atom is 0.317 e. The lowest BCUT2D eigenvalue weighted by Gasteiger charge is -2.30. The van der Waals surface area contributed by atoms with Crippen molar-refractivity contribution in [1.82, 2.24) is 0 Å². The van der Waals surface area contributed by atoms with Gasteiger partial charge >= 0.3 is 11.9 Å². The lowest BCUT2D eigenvalue weighted by Crippen LogP contribution is -2.34. The van der Waals surface area contributed by atoms with Gasteiger partial charge in [0.25, 0.3) is 0 Å². The topological polar surface area (TPSA) is 63.6 Å². The lowest BCUT2D eigenvalue weighted by molar-refractivity contribution is -0.164. The fourth-order valence-electron chi connectivity index (χ4n) is 1.39. The van der Waals surface area contributed by atoms with Gasteiger partial charge in [0, 0.05) is 6.42 Å². The molecule has 15 heavy (non-hydrogen) atoms. The fourth-order valence-corrected chi connectivity index (χ4v) is 1.39. The Morgan fingerprint density at radius 3 is 2.27 bits per heavy atom. The maximum atomic E-state index is 11.2. The van der Waals surface area contributed by atoms with Crippen molar-refractivity contribution in [2.45, 2.75) is 45.1 Å². The highest BCUT2D eigenvalue weighted by atomic mass is 16.6. The van der Waals surface area contributed by atoms with Gasteiger partial charge in [0.1, 0.15) is 12.0 Å². The van der Waals surface area contributed by atoms with E-state index < -0.39 is 24.0 Å². The van der Waals surface area contributed by atoms with E-state index in [0.29, 0.717) is 19.3 Å². The number of hydrogen-bond donors (Lipinski definition) is 1. The summed E-state index contributed by atoms with van der Waals surface area (Å²) in [5.41, 5.74) is -0.589. The number of ether oxygens (including phenoxy) is 1. The number of carboxylic acids is 1. The van der Waals surface area contributed by atoms with Crippen LogP contribution >= 0.6 is 0 Å². The molecule has 0 aromatic carbocycles. The second-order valence-corrected chi connectivity index (χ2v) is 3.43. The van der Waals surface area contributed by atoms with Crippen LogP contribution in [0, 0.1) is 0 Å². The predicted molar refractivity (Wildman–Crippen MR) is 56.5 cm³/mol. The van der Waals surface area contributed by atoms with Crippen LogP contribution in [0.3, 0.4) is 0 Å². The first kappa shape index (κ1) is 13.7. The molecule has 0 radical (unpaired) electrons. The van der Waals surface area contributed by atoms with Crippen molar-refractivity contribution in [3.8, 4) is 0 Å². The molecule has 0 aliphatic carbocycles. The Bertz CT molecular complexity index is 241. The molecule has 0 amide bonds. The minimum atomic E-state index is -1.17. The Morgan fingerprint density at radius 1 is 1.40 bits per heavy atom. The van der Waals surface area contributed by atoms with Crippen molar-refractivity contribution in [3.05, 3.63) is 12.7 Å². The van der Waals surface area contributed by atoms with Crippen LogP contribution in [0.4, 0.5) is 0 Å². The first-order chi connectivity index (χ1) is 6.99. The van der Waals surface area contributed by atoms with Gasteiger partial charge in [0.15, 0.2) is 0 Å². The summed E-state index contributed by atoms with van der Waals surface area (Å²) in [6.45, 7) is 7.41. The number of carbonyl (C=O) groups is 2. The monoisotopic (exact) mass is 214 g/mol. The fraction of sp³-hybridized carbons (Fsp3) is 0.636. The number of esters is 1. The molecule has 0 saturated heterocycles. The third-order valence-corrected chi connectivity index (χ3v) is 2.43. The summed E-state index contributed by atoms with van der Waals surface area (Å²) in [6.07, 6.45) is 2.95. The molecule has 0 bridgehead atoms. The van der Waals surface area contributed by atoms with Crippen LogP contribution in [0.5, 0.6) is 0 Å². The highest BCUT2D eigenvalue weighted by Gasteiger charge is 2.29. The number of carbonyl (C=O) groups excluding carboxylic acids is 1. The van der Waals surface area contributed by atoms with Crippen molar-refractivity contribution in [2.24, 2.45) is 0 Å². The Balaban J connectivity index is 4.45. The molecule has 0 saturated carbocycles. The summed E-state index contributed by atoms with van der Waals surface area (Å²) in [6, 6.07) is 0. The molecule has 0 unspecified atom stereocenters. The van der Waals surface area contributed by atoms with E-state index in [1.54, 1.807) is 6.08 Å². The molecular weight excluding hydrogens is 196 g/mol. The van der Waals surface area contributed by atoms with E-state index in [0.717, 1.165) is 0 Å². The Labute approximate surface area is 89.9 Å². The molecule has 0 atom stereocenters. The van der Waals surface area contributed by atoms with Gasteiger partial charge in [-0.25, -0.2) is 0 Å². The molecule has 4 nitrogen and oxygen atoms in total. The average Bonchev–Trinajstić information content (AvgIpc) is 2.15. The molecule has 0 aliphatic heterocycles.